The van der Waals surface area contributed by atoms with Crippen molar-refractivity contribution in [3.05, 3.63) is 35.9 Å². The number of ether oxygens (including phenoxy) is 3. The molecule has 2 atom stereocenters. The Morgan fingerprint density at radius 2 is 2.17 bits per heavy atom. The standard InChI is InChI=1S/C17H21NO5/c1-13(18(20)11-14-7-5-4-6-8-14)9-10-15(19)22-16-12-21-17(2,3)23-16/h4-8,13,16,20H,11-12H2,1-3H3. The van der Waals surface area contributed by atoms with Crippen LogP contribution in [-0.4, -0.2) is 41.0 Å². The SMILES string of the molecule is CC(C#CC(=O)OC1COC(C)(C)O1)N(O)Cc1ccccc1. The van der Waals surface area contributed by atoms with Crippen molar-refractivity contribution in [2.45, 2.75) is 45.4 Å². The summed E-state index contributed by atoms with van der Waals surface area (Å²) in [5.74, 6) is 3.53. The molecule has 2 rings (SSSR count). The highest BCUT2D eigenvalue weighted by atomic mass is 16.8. The van der Waals surface area contributed by atoms with Crippen molar-refractivity contribution < 1.29 is 24.2 Å². The average Bonchev–Trinajstić information content (AvgIpc) is 2.84. The van der Waals surface area contributed by atoms with Gasteiger partial charge >= 0.3 is 5.97 Å². The number of hydroxylamine groups is 2. The summed E-state index contributed by atoms with van der Waals surface area (Å²) in [6.45, 7) is 5.67. The highest BCUT2D eigenvalue weighted by molar-refractivity contribution is 5.88. The van der Waals surface area contributed by atoms with E-state index in [0.717, 1.165) is 10.6 Å². The lowest BCUT2D eigenvalue weighted by Gasteiger charge is -2.18. The summed E-state index contributed by atoms with van der Waals surface area (Å²) in [4.78, 5) is 11.7. The molecule has 0 aliphatic carbocycles. The number of benzene rings is 1. The van der Waals surface area contributed by atoms with Gasteiger partial charge in [0, 0.05) is 5.92 Å². The predicted molar refractivity (Wildman–Crippen MR) is 82.0 cm³/mol. The third-order valence-corrected chi connectivity index (χ3v) is 3.24. The summed E-state index contributed by atoms with van der Waals surface area (Å²) in [6.07, 6.45) is -0.753. The molecule has 2 unspecified atom stereocenters. The molecule has 1 aliphatic rings. The van der Waals surface area contributed by atoms with Gasteiger partial charge in [0.2, 0.25) is 6.29 Å². The monoisotopic (exact) mass is 319 g/mol. The van der Waals surface area contributed by atoms with Gasteiger partial charge in [0.15, 0.2) is 5.79 Å². The minimum atomic E-state index is -0.761. The number of esters is 1. The van der Waals surface area contributed by atoms with Gasteiger partial charge in [-0.25, -0.2) is 4.79 Å². The van der Waals surface area contributed by atoms with Gasteiger partial charge in [-0.1, -0.05) is 36.3 Å². The van der Waals surface area contributed by atoms with E-state index in [1.54, 1.807) is 20.8 Å². The quantitative estimate of drug-likeness (QED) is 0.396. The summed E-state index contributed by atoms with van der Waals surface area (Å²) in [6, 6.07) is 8.97. The molecule has 1 aromatic rings. The molecule has 23 heavy (non-hydrogen) atoms. The van der Waals surface area contributed by atoms with Gasteiger partial charge < -0.3 is 19.4 Å². The van der Waals surface area contributed by atoms with Crippen LogP contribution >= 0.6 is 0 Å². The Kier molecular flexibility index (Phi) is 5.74. The molecular formula is C17H21NO5. The Bertz CT molecular complexity index is 590. The highest BCUT2D eigenvalue weighted by Crippen LogP contribution is 2.22. The van der Waals surface area contributed by atoms with Crippen molar-refractivity contribution >= 4 is 5.97 Å². The predicted octanol–water partition coefficient (Wildman–Crippen LogP) is 1.92. The maximum Gasteiger partial charge on any atom is 0.386 e. The Morgan fingerprint density at radius 3 is 2.78 bits per heavy atom. The summed E-state index contributed by atoms with van der Waals surface area (Å²) in [5, 5.41) is 11.0. The van der Waals surface area contributed by atoms with Crippen LogP contribution in [0.1, 0.15) is 26.3 Å². The molecule has 1 saturated heterocycles. The van der Waals surface area contributed by atoms with Gasteiger partial charge in [0.05, 0.1) is 12.6 Å². The second-order valence-electron chi connectivity index (χ2n) is 5.69. The van der Waals surface area contributed by atoms with Crippen LogP contribution in [0.25, 0.3) is 0 Å². The third kappa shape index (κ3) is 5.66. The molecule has 6 heteroatoms. The van der Waals surface area contributed by atoms with Crippen LogP contribution in [0.3, 0.4) is 0 Å². The van der Waals surface area contributed by atoms with Crippen LogP contribution in [0.15, 0.2) is 30.3 Å². The van der Waals surface area contributed by atoms with Crippen molar-refractivity contribution in [1.82, 2.24) is 5.06 Å². The normalized spacial score (nSPS) is 20.7. The van der Waals surface area contributed by atoms with Gasteiger partial charge in [-0.15, -0.1) is 0 Å². The molecule has 1 heterocycles. The molecule has 0 bridgehead atoms. The molecule has 1 aliphatic heterocycles. The van der Waals surface area contributed by atoms with Crippen LogP contribution in [-0.2, 0) is 25.5 Å². The summed E-state index contributed by atoms with van der Waals surface area (Å²) < 4.78 is 15.7. The number of hydrogen-bond donors (Lipinski definition) is 1. The topological polar surface area (TPSA) is 68.2 Å². The number of rotatable bonds is 4. The van der Waals surface area contributed by atoms with E-state index in [1.807, 2.05) is 30.3 Å². The Labute approximate surface area is 135 Å². The summed E-state index contributed by atoms with van der Waals surface area (Å²) in [7, 11) is 0. The molecule has 0 amide bonds. The fraction of sp³-hybridized carbons (Fsp3) is 0.471. The number of hydrogen-bond acceptors (Lipinski definition) is 6. The van der Waals surface area contributed by atoms with E-state index < -0.39 is 24.1 Å². The van der Waals surface area contributed by atoms with Crippen LogP contribution in [0.5, 0.6) is 0 Å². The first-order valence-electron chi connectivity index (χ1n) is 7.39. The van der Waals surface area contributed by atoms with E-state index >= 15 is 0 Å². The smallest absolute Gasteiger partial charge is 0.386 e. The molecular weight excluding hydrogens is 298 g/mol. The summed E-state index contributed by atoms with van der Waals surface area (Å²) in [5.41, 5.74) is 0.949. The van der Waals surface area contributed by atoms with Crippen LogP contribution in [0.4, 0.5) is 0 Å². The van der Waals surface area contributed by atoms with E-state index in [2.05, 4.69) is 11.8 Å². The molecule has 1 aromatic carbocycles. The summed E-state index contributed by atoms with van der Waals surface area (Å²) >= 11 is 0. The first-order valence-corrected chi connectivity index (χ1v) is 7.39. The molecule has 0 aromatic heterocycles. The zero-order chi connectivity index (χ0) is 16.9. The van der Waals surface area contributed by atoms with Gasteiger partial charge in [-0.3, -0.25) is 0 Å². The van der Waals surface area contributed by atoms with Crippen molar-refractivity contribution in [3.63, 3.8) is 0 Å². The molecule has 0 spiro atoms. The lowest BCUT2D eigenvalue weighted by Crippen LogP contribution is -2.28. The maximum atomic E-state index is 11.7. The van der Waals surface area contributed by atoms with E-state index in [9.17, 15) is 10.0 Å². The largest absolute Gasteiger partial charge is 0.423 e. The Morgan fingerprint density at radius 1 is 1.48 bits per heavy atom. The van der Waals surface area contributed by atoms with Crippen molar-refractivity contribution in [1.29, 1.82) is 0 Å². The van der Waals surface area contributed by atoms with E-state index in [0.29, 0.717) is 6.54 Å². The lowest BCUT2D eigenvalue weighted by atomic mass is 10.2. The molecule has 6 nitrogen and oxygen atoms in total. The fourth-order valence-electron chi connectivity index (χ4n) is 2.01. The van der Waals surface area contributed by atoms with E-state index in [4.69, 9.17) is 14.2 Å². The van der Waals surface area contributed by atoms with E-state index in [-0.39, 0.29) is 6.61 Å². The van der Waals surface area contributed by atoms with Crippen molar-refractivity contribution in [2.24, 2.45) is 0 Å². The zero-order valence-corrected chi connectivity index (χ0v) is 13.5. The Balaban J connectivity index is 1.81. The molecule has 124 valence electrons. The average molecular weight is 319 g/mol. The first-order chi connectivity index (χ1) is 10.9. The van der Waals surface area contributed by atoms with Gasteiger partial charge in [-0.05, 0) is 26.3 Å². The second-order valence-corrected chi connectivity index (χ2v) is 5.69. The lowest BCUT2D eigenvalue weighted by molar-refractivity contribution is -0.193. The molecule has 1 fully saturated rings. The minimum absolute atomic E-state index is 0.177. The fourth-order valence-corrected chi connectivity index (χ4v) is 2.01. The van der Waals surface area contributed by atoms with E-state index in [1.165, 1.54) is 0 Å². The van der Waals surface area contributed by atoms with Crippen molar-refractivity contribution in [3.8, 4) is 11.8 Å². The van der Waals surface area contributed by atoms with Crippen LogP contribution < -0.4 is 0 Å². The van der Waals surface area contributed by atoms with Gasteiger partial charge in [0.25, 0.3) is 0 Å². The van der Waals surface area contributed by atoms with Crippen LogP contribution in [0.2, 0.25) is 0 Å². The first kappa shape index (κ1) is 17.4. The third-order valence-electron chi connectivity index (χ3n) is 3.24. The van der Waals surface area contributed by atoms with Crippen molar-refractivity contribution in [2.75, 3.05) is 6.61 Å². The number of nitrogens with zero attached hydrogens (tertiary/aromatic N) is 1. The highest BCUT2D eigenvalue weighted by Gasteiger charge is 2.34. The molecule has 1 N–H and O–H groups in total. The van der Waals surface area contributed by atoms with Gasteiger partial charge in [-0.2, -0.15) is 5.06 Å². The van der Waals surface area contributed by atoms with Crippen LogP contribution in [0, 0.1) is 11.8 Å². The zero-order valence-electron chi connectivity index (χ0n) is 13.5. The minimum Gasteiger partial charge on any atom is -0.423 e. The number of carbonyl (C=O) groups excluding carboxylic acids is 1. The number of carbonyl (C=O) groups is 1. The van der Waals surface area contributed by atoms with Gasteiger partial charge in [0.1, 0.15) is 6.61 Å². The molecule has 0 radical (unpaired) electrons. The molecule has 0 saturated carbocycles. The maximum absolute atomic E-state index is 11.7. The Hall–Kier alpha value is -1.91. The second kappa shape index (κ2) is 7.57.